The van der Waals surface area contributed by atoms with Crippen molar-refractivity contribution in [2.45, 2.75) is 39.5 Å². The third kappa shape index (κ3) is 4.74. The molecule has 0 aromatic heterocycles. The fourth-order valence-corrected chi connectivity index (χ4v) is 3.38. The zero-order chi connectivity index (χ0) is 16.0. The fourth-order valence-electron chi connectivity index (χ4n) is 2.35. The summed E-state index contributed by atoms with van der Waals surface area (Å²) in [5.74, 6) is -0.914. The lowest BCUT2D eigenvalue weighted by molar-refractivity contribution is -0.137. The number of rotatable bonds is 8. The van der Waals surface area contributed by atoms with Gasteiger partial charge in [-0.25, -0.2) is 8.42 Å². The summed E-state index contributed by atoms with van der Waals surface area (Å²) in [6.45, 7) is 4.15. The smallest absolute Gasteiger partial charge is 0.303 e. The second-order valence-corrected chi connectivity index (χ2v) is 6.87. The summed E-state index contributed by atoms with van der Waals surface area (Å²) in [7, 11) is -3.44. The lowest BCUT2D eigenvalue weighted by Crippen LogP contribution is -2.33. The van der Waals surface area contributed by atoms with Crippen LogP contribution in [0.5, 0.6) is 0 Å². The first-order valence-corrected chi connectivity index (χ1v) is 8.96. The average Bonchev–Trinajstić information content (AvgIpc) is 2.41. The molecule has 0 aliphatic carbocycles. The SMILES string of the molecule is CCc1cccc(CC)c1N(CCCC(=O)O)S(C)(=O)=O. The number of carboxylic acids is 1. The molecule has 1 aromatic rings. The summed E-state index contributed by atoms with van der Waals surface area (Å²) in [6, 6.07) is 5.77. The monoisotopic (exact) mass is 313 g/mol. The summed E-state index contributed by atoms with van der Waals surface area (Å²) >= 11 is 0. The van der Waals surface area contributed by atoms with Crippen LogP contribution in [-0.2, 0) is 27.7 Å². The van der Waals surface area contributed by atoms with Gasteiger partial charge in [-0.05, 0) is 30.4 Å². The molecular weight excluding hydrogens is 290 g/mol. The van der Waals surface area contributed by atoms with E-state index in [1.807, 2.05) is 32.0 Å². The topological polar surface area (TPSA) is 74.7 Å². The molecule has 0 bridgehead atoms. The molecule has 0 atom stereocenters. The van der Waals surface area contributed by atoms with E-state index in [9.17, 15) is 13.2 Å². The van der Waals surface area contributed by atoms with Gasteiger partial charge in [-0.1, -0.05) is 32.0 Å². The predicted octanol–water partition coefficient (Wildman–Crippen LogP) is 2.44. The van der Waals surface area contributed by atoms with Crippen molar-refractivity contribution >= 4 is 21.7 Å². The third-order valence-corrected chi connectivity index (χ3v) is 4.53. The number of sulfonamides is 1. The lowest BCUT2D eigenvalue weighted by atomic mass is 10.0. The van der Waals surface area contributed by atoms with Crippen molar-refractivity contribution in [3.8, 4) is 0 Å². The van der Waals surface area contributed by atoms with Crippen molar-refractivity contribution in [3.63, 3.8) is 0 Å². The Balaban J connectivity index is 3.23. The molecule has 0 radical (unpaired) electrons. The van der Waals surface area contributed by atoms with E-state index in [0.717, 1.165) is 29.7 Å². The molecule has 6 heteroatoms. The summed E-state index contributed by atoms with van der Waals surface area (Å²) in [5, 5.41) is 8.73. The number of benzene rings is 1. The minimum atomic E-state index is -3.44. The Hall–Kier alpha value is -1.56. The van der Waals surface area contributed by atoms with Crippen LogP contribution in [0.2, 0.25) is 0 Å². The Kier molecular flexibility index (Phi) is 6.20. The van der Waals surface area contributed by atoms with Gasteiger partial charge in [0.2, 0.25) is 10.0 Å². The number of aryl methyl sites for hydroxylation is 2. The van der Waals surface area contributed by atoms with Crippen LogP contribution in [0.1, 0.15) is 37.8 Å². The van der Waals surface area contributed by atoms with E-state index in [-0.39, 0.29) is 13.0 Å². The zero-order valence-electron chi connectivity index (χ0n) is 12.8. The second kappa shape index (κ2) is 7.45. The first-order valence-electron chi connectivity index (χ1n) is 7.11. The molecule has 0 saturated carbocycles. The number of para-hydroxylation sites is 1. The Morgan fingerprint density at radius 3 is 2.10 bits per heavy atom. The molecule has 0 aliphatic rings. The highest BCUT2D eigenvalue weighted by atomic mass is 32.2. The Morgan fingerprint density at radius 1 is 1.19 bits per heavy atom. The Labute approximate surface area is 126 Å². The summed E-state index contributed by atoms with van der Waals surface area (Å²) < 4.78 is 25.6. The van der Waals surface area contributed by atoms with Crippen LogP contribution in [0.15, 0.2) is 18.2 Å². The maximum atomic E-state index is 12.1. The van der Waals surface area contributed by atoms with Crippen LogP contribution in [0.25, 0.3) is 0 Å². The number of carbonyl (C=O) groups is 1. The summed E-state index contributed by atoms with van der Waals surface area (Å²) in [4.78, 5) is 10.6. The van der Waals surface area contributed by atoms with E-state index in [2.05, 4.69) is 0 Å². The molecule has 0 saturated heterocycles. The highest BCUT2D eigenvalue weighted by Gasteiger charge is 2.22. The minimum Gasteiger partial charge on any atom is -0.481 e. The Bertz CT molecular complexity index is 573. The number of nitrogens with zero attached hydrogens (tertiary/aromatic N) is 1. The molecule has 5 nitrogen and oxygen atoms in total. The van der Waals surface area contributed by atoms with Crippen molar-refractivity contribution in [1.29, 1.82) is 0 Å². The van der Waals surface area contributed by atoms with Gasteiger partial charge in [0.25, 0.3) is 0 Å². The highest BCUT2D eigenvalue weighted by Crippen LogP contribution is 2.29. The van der Waals surface area contributed by atoms with Crippen LogP contribution in [0.3, 0.4) is 0 Å². The van der Waals surface area contributed by atoms with Crippen LogP contribution < -0.4 is 4.31 Å². The van der Waals surface area contributed by atoms with Gasteiger partial charge in [0, 0.05) is 13.0 Å². The number of carboxylic acid groups (broad SMARTS) is 1. The maximum absolute atomic E-state index is 12.1. The number of aliphatic carboxylic acids is 1. The zero-order valence-corrected chi connectivity index (χ0v) is 13.6. The molecule has 21 heavy (non-hydrogen) atoms. The number of hydrogen-bond acceptors (Lipinski definition) is 3. The van der Waals surface area contributed by atoms with E-state index in [4.69, 9.17) is 5.11 Å². The van der Waals surface area contributed by atoms with Crippen molar-refractivity contribution in [3.05, 3.63) is 29.3 Å². The van der Waals surface area contributed by atoms with Crippen molar-refractivity contribution in [2.75, 3.05) is 17.1 Å². The van der Waals surface area contributed by atoms with Gasteiger partial charge in [-0.3, -0.25) is 9.10 Å². The van der Waals surface area contributed by atoms with Gasteiger partial charge in [0.1, 0.15) is 0 Å². The van der Waals surface area contributed by atoms with E-state index >= 15 is 0 Å². The molecule has 0 aliphatic heterocycles. The molecule has 1 rings (SSSR count). The number of anilines is 1. The van der Waals surface area contributed by atoms with Gasteiger partial charge < -0.3 is 5.11 Å². The highest BCUT2D eigenvalue weighted by molar-refractivity contribution is 7.92. The van der Waals surface area contributed by atoms with Crippen molar-refractivity contribution in [1.82, 2.24) is 0 Å². The average molecular weight is 313 g/mol. The molecular formula is C15H23NO4S. The van der Waals surface area contributed by atoms with Crippen molar-refractivity contribution < 1.29 is 18.3 Å². The standard InChI is InChI=1S/C15H23NO4S/c1-4-12-8-6-9-13(5-2)15(12)16(21(3,19)20)11-7-10-14(17)18/h6,8-9H,4-5,7,10-11H2,1-3H3,(H,17,18). The summed E-state index contributed by atoms with van der Waals surface area (Å²) in [5.41, 5.74) is 2.65. The molecule has 0 heterocycles. The molecule has 0 spiro atoms. The van der Waals surface area contributed by atoms with Gasteiger partial charge >= 0.3 is 5.97 Å². The van der Waals surface area contributed by atoms with E-state index in [1.54, 1.807) is 0 Å². The van der Waals surface area contributed by atoms with Gasteiger partial charge in [0.15, 0.2) is 0 Å². The van der Waals surface area contributed by atoms with E-state index in [1.165, 1.54) is 10.6 Å². The number of hydrogen-bond donors (Lipinski definition) is 1. The molecule has 0 amide bonds. The van der Waals surface area contributed by atoms with E-state index in [0.29, 0.717) is 6.42 Å². The first-order chi connectivity index (χ1) is 9.81. The van der Waals surface area contributed by atoms with E-state index < -0.39 is 16.0 Å². The Morgan fingerprint density at radius 2 is 1.71 bits per heavy atom. The van der Waals surface area contributed by atoms with Crippen LogP contribution in [-0.4, -0.2) is 32.3 Å². The largest absolute Gasteiger partial charge is 0.481 e. The van der Waals surface area contributed by atoms with Gasteiger partial charge in [0.05, 0.1) is 11.9 Å². The molecule has 0 fully saturated rings. The lowest BCUT2D eigenvalue weighted by Gasteiger charge is -2.27. The van der Waals surface area contributed by atoms with Crippen LogP contribution in [0, 0.1) is 0 Å². The molecule has 118 valence electrons. The second-order valence-electron chi connectivity index (χ2n) is 4.96. The van der Waals surface area contributed by atoms with Gasteiger partial charge in [-0.2, -0.15) is 0 Å². The van der Waals surface area contributed by atoms with Crippen LogP contribution >= 0.6 is 0 Å². The minimum absolute atomic E-state index is 0.0399. The molecule has 1 N–H and O–H groups in total. The van der Waals surface area contributed by atoms with Crippen LogP contribution in [0.4, 0.5) is 5.69 Å². The fraction of sp³-hybridized carbons (Fsp3) is 0.533. The predicted molar refractivity (Wildman–Crippen MR) is 84.3 cm³/mol. The first kappa shape index (κ1) is 17.5. The third-order valence-electron chi connectivity index (χ3n) is 3.37. The maximum Gasteiger partial charge on any atom is 0.303 e. The normalized spacial score (nSPS) is 11.4. The summed E-state index contributed by atoms with van der Waals surface area (Å²) in [6.07, 6.45) is 2.88. The molecule has 0 unspecified atom stereocenters. The van der Waals surface area contributed by atoms with Crippen molar-refractivity contribution in [2.24, 2.45) is 0 Å². The quantitative estimate of drug-likeness (QED) is 0.800. The van der Waals surface area contributed by atoms with Gasteiger partial charge in [-0.15, -0.1) is 0 Å². The molecule has 1 aromatic carbocycles.